The van der Waals surface area contributed by atoms with Crippen LogP contribution in [0.5, 0.6) is 0 Å². The Balaban J connectivity index is 0.00000242. The first-order valence-electron chi connectivity index (χ1n) is 6.99. The Bertz CT molecular complexity index is 572. The molecule has 0 saturated carbocycles. The number of hydrogen-bond donors (Lipinski definition) is 2. The number of nitrogens with one attached hydrogen (secondary N) is 1. The Morgan fingerprint density at radius 1 is 1.45 bits per heavy atom. The first-order chi connectivity index (χ1) is 10.1. The topological polar surface area (TPSA) is 68.0 Å². The third-order valence-electron chi connectivity index (χ3n) is 3.18. The third-order valence-corrected chi connectivity index (χ3v) is 4.88. The molecule has 0 aliphatic rings. The summed E-state index contributed by atoms with van der Waals surface area (Å²) < 4.78 is 1.18. The number of benzene rings is 1. The Morgan fingerprint density at radius 3 is 2.86 bits per heavy atom. The highest BCUT2D eigenvalue weighted by molar-refractivity contribution is 7.98. The molecule has 3 N–H and O–H groups in total. The third kappa shape index (κ3) is 5.43. The molecule has 7 heteroatoms. The maximum absolute atomic E-state index is 12.0. The first-order valence-corrected chi connectivity index (χ1v) is 9.20. The Labute approximate surface area is 145 Å². The summed E-state index contributed by atoms with van der Waals surface area (Å²) in [6, 6.07) is 7.70. The molecule has 22 heavy (non-hydrogen) atoms. The molecule has 2 atom stereocenters. The molecule has 2 rings (SSSR count). The van der Waals surface area contributed by atoms with Crippen molar-refractivity contribution >= 4 is 51.6 Å². The number of carbonyl (C=O) groups is 1. The molecular weight excluding hydrogens is 338 g/mol. The van der Waals surface area contributed by atoms with Crippen molar-refractivity contribution in [1.82, 2.24) is 10.3 Å². The number of aromatic nitrogens is 1. The van der Waals surface area contributed by atoms with Gasteiger partial charge in [0.05, 0.1) is 21.3 Å². The predicted octanol–water partition coefficient (Wildman–Crippen LogP) is 2.85. The van der Waals surface area contributed by atoms with Crippen LogP contribution in [0, 0.1) is 0 Å². The lowest BCUT2D eigenvalue weighted by molar-refractivity contribution is -0.122. The molecule has 4 nitrogen and oxygen atoms in total. The number of thiazole rings is 1. The van der Waals surface area contributed by atoms with Crippen molar-refractivity contribution in [3.8, 4) is 0 Å². The van der Waals surface area contributed by atoms with Crippen LogP contribution < -0.4 is 11.1 Å². The van der Waals surface area contributed by atoms with Gasteiger partial charge < -0.3 is 11.1 Å². The summed E-state index contributed by atoms with van der Waals surface area (Å²) in [4.78, 5) is 16.5. The van der Waals surface area contributed by atoms with E-state index in [1.165, 1.54) is 4.70 Å². The molecular formula is C15H22ClN3OS2. The lowest BCUT2D eigenvalue weighted by Crippen LogP contribution is -2.45. The quantitative estimate of drug-likeness (QED) is 0.797. The summed E-state index contributed by atoms with van der Waals surface area (Å²) >= 11 is 3.38. The molecule has 1 amide bonds. The zero-order chi connectivity index (χ0) is 15.2. The highest BCUT2D eigenvalue weighted by atomic mass is 35.5. The van der Waals surface area contributed by atoms with Gasteiger partial charge in [0.2, 0.25) is 5.91 Å². The van der Waals surface area contributed by atoms with Crippen molar-refractivity contribution in [3.63, 3.8) is 0 Å². The largest absolute Gasteiger partial charge is 0.352 e. The van der Waals surface area contributed by atoms with Crippen LogP contribution in [0.25, 0.3) is 10.2 Å². The van der Waals surface area contributed by atoms with Crippen LogP contribution in [0.1, 0.15) is 18.4 Å². The van der Waals surface area contributed by atoms with Crippen LogP contribution >= 0.6 is 35.5 Å². The Hall–Kier alpha value is -0.820. The second-order valence-corrected chi connectivity index (χ2v) is 7.18. The average molecular weight is 360 g/mol. The van der Waals surface area contributed by atoms with Gasteiger partial charge in [0.15, 0.2) is 0 Å². The van der Waals surface area contributed by atoms with E-state index in [1.54, 1.807) is 23.1 Å². The predicted molar refractivity (Wildman–Crippen MR) is 99.2 cm³/mol. The van der Waals surface area contributed by atoms with Gasteiger partial charge in [-0.3, -0.25) is 4.79 Å². The Kier molecular flexibility index (Phi) is 8.17. The van der Waals surface area contributed by atoms with Crippen LogP contribution in [0.2, 0.25) is 0 Å². The van der Waals surface area contributed by atoms with Crippen LogP contribution in [0.15, 0.2) is 24.3 Å². The molecule has 0 aliphatic carbocycles. The zero-order valence-electron chi connectivity index (χ0n) is 12.7. The molecule has 0 radical (unpaired) electrons. The number of nitrogens with zero attached hydrogens (tertiary/aromatic N) is 1. The number of rotatable bonds is 7. The number of fused-ring (bicyclic) bond motifs is 1. The minimum absolute atomic E-state index is 0. The molecule has 0 aliphatic heterocycles. The minimum Gasteiger partial charge on any atom is -0.352 e. The SMILES string of the molecule is CSCC[C@H](N)C(=O)NC(C)Cc1nc2ccccc2s1.Cl. The molecule has 0 spiro atoms. The van der Waals surface area contributed by atoms with Crippen molar-refractivity contribution < 1.29 is 4.79 Å². The van der Waals surface area contributed by atoms with E-state index < -0.39 is 6.04 Å². The van der Waals surface area contributed by atoms with Gasteiger partial charge in [-0.2, -0.15) is 11.8 Å². The fraction of sp³-hybridized carbons (Fsp3) is 0.467. The van der Waals surface area contributed by atoms with Crippen molar-refractivity contribution in [2.75, 3.05) is 12.0 Å². The second kappa shape index (κ2) is 9.35. The number of amides is 1. The fourth-order valence-corrected chi connectivity index (χ4v) is 3.63. The molecule has 1 aromatic carbocycles. The maximum atomic E-state index is 12.0. The van der Waals surface area contributed by atoms with Gasteiger partial charge >= 0.3 is 0 Å². The van der Waals surface area contributed by atoms with E-state index in [0.717, 1.165) is 22.7 Å². The molecule has 122 valence electrons. The van der Waals surface area contributed by atoms with Crippen molar-refractivity contribution in [2.24, 2.45) is 5.73 Å². The van der Waals surface area contributed by atoms with Gasteiger partial charge in [-0.1, -0.05) is 12.1 Å². The first kappa shape index (κ1) is 19.2. The van der Waals surface area contributed by atoms with Gasteiger partial charge in [0.1, 0.15) is 0 Å². The van der Waals surface area contributed by atoms with E-state index in [-0.39, 0.29) is 24.4 Å². The maximum Gasteiger partial charge on any atom is 0.237 e. The molecule has 0 bridgehead atoms. The molecule has 1 aromatic heterocycles. The zero-order valence-corrected chi connectivity index (χ0v) is 15.2. The smallest absolute Gasteiger partial charge is 0.237 e. The van der Waals surface area contributed by atoms with Gasteiger partial charge in [-0.15, -0.1) is 23.7 Å². The van der Waals surface area contributed by atoms with Crippen molar-refractivity contribution in [3.05, 3.63) is 29.3 Å². The van der Waals surface area contributed by atoms with Gasteiger partial charge in [-0.25, -0.2) is 4.98 Å². The van der Waals surface area contributed by atoms with E-state index in [1.807, 2.05) is 31.4 Å². The lowest BCUT2D eigenvalue weighted by Gasteiger charge is -2.16. The van der Waals surface area contributed by atoms with Gasteiger partial charge in [0, 0.05) is 12.5 Å². The molecule has 2 aromatic rings. The highest BCUT2D eigenvalue weighted by Gasteiger charge is 2.16. The summed E-state index contributed by atoms with van der Waals surface area (Å²) in [6.45, 7) is 1.99. The summed E-state index contributed by atoms with van der Waals surface area (Å²) in [5.74, 6) is 0.832. The normalized spacial score (nSPS) is 13.4. The Morgan fingerprint density at radius 2 is 2.18 bits per heavy atom. The van der Waals surface area contributed by atoms with E-state index in [2.05, 4.69) is 16.4 Å². The molecule has 1 heterocycles. The van der Waals surface area contributed by atoms with Gasteiger partial charge in [-0.05, 0) is 37.5 Å². The molecule has 0 fully saturated rings. The van der Waals surface area contributed by atoms with E-state index in [0.29, 0.717) is 6.42 Å². The van der Waals surface area contributed by atoms with E-state index >= 15 is 0 Å². The summed E-state index contributed by atoms with van der Waals surface area (Å²) in [6.07, 6.45) is 3.46. The fourth-order valence-electron chi connectivity index (χ4n) is 2.05. The molecule has 1 unspecified atom stereocenters. The summed E-state index contributed by atoms with van der Waals surface area (Å²) in [5, 5.41) is 4.02. The summed E-state index contributed by atoms with van der Waals surface area (Å²) in [7, 11) is 0. The monoisotopic (exact) mass is 359 g/mol. The minimum atomic E-state index is -0.421. The van der Waals surface area contributed by atoms with Crippen molar-refractivity contribution in [2.45, 2.75) is 31.8 Å². The number of halogens is 1. The summed E-state index contributed by atoms with van der Waals surface area (Å²) in [5.41, 5.74) is 6.89. The van der Waals surface area contributed by atoms with Gasteiger partial charge in [0.25, 0.3) is 0 Å². The average Bonchev–Trinajstić information content (AvgIpc) is 2.86. The van der Waals surface area contributed by atoms with Crippen LogP contribution in [-0.4, -0.2) is 35.0 Å². The number of carbonyl (C=O) groups excluding carboxylic acids is 1. The number of hydrogen-bond acceptors (Lipinski definition) is 5. The van der Waals surface area contributed by atoms with E-state index in [4.69, 9.17) is 5.73 Å². The molecule has 0 saturated heterocycles. The number of thioether (sulfide) groups is 1. The lowest BCUT2D eigenvalue weighted by atomic mass is 10.2. The van der Waals surface area contributed by atoms with Crippen LogP contribution in [0.3, 0.4) is 0 Å². The van der Waals surface area contributed by atoms with Crippen molar-refractivity contribution in [1.29, 1.82) is 0 Å². The number of nitrogens with two attached hydrogens (primary N) is 1. The van der Waals surface area contributed by atoms with Crippen LogP contribution in [0.4, 0.5) is 0 Å². The van der Waals surface area contributed by atoms with Crippen LogP contribution in [-0.2, 0) is 11.2 Å². The second-order valence-electron chi connectivity index (χ2n) is 5.08. The standard InChI is InChI=1S/C15H21N3OS2.ClH/c1-10(17-15(19)11(16)7-8-20-2)9-14-18-12-5-3-4-6-13(12)21-14;/h3-6,10-11H,7-9,16H2,1-2H3,(H,17,19);1H/t10?,11-;/m0./s1. The highest BCUT2D eigenvalue weighted by Crippen LogP contribution is 2.22. The number of para-hydroxylation sites is 1. The van der Waals surface area contributed by atoms with E-state index in [9.17, 15) is 4.79 Å².